The summed E-state index contributed by atoms with van der Waals surface area (Å²) in [6.07, 6.45) is 0. The molecule has 10 heteroatoms. The van der Waals surface area contributed by atoms with Crippen LogP contribution in [-0.2, 0) is 0 Å². The highest BCUT2D eigenvalue weighted by molar-refractivity contribution is 7.99. The maximum Gasteiger partial charge on any atom is 0.344 e. The monoisotopic (exact) mass is 504 g/mol. The highest BCUT2D eigenvalue weighted by Crippen LogP contribution is 2.42. The molecule has 35 heavy (non-hydrogen) atoms. The van der Waals surface area contributed by atoms with Crippen molar-refractivity contribution in [3.8, 4) is 11.6 Å². The molecule has 1 heterocycles. The fourth-order valence-electron chi connectivity index (χ4n) is 3.23. The minimum Gasteiger partial charge on any atom is -0.402 e. The number of hydrogen-bond acceptors (Lipinski definition) is 4. The first-order chi connectivity index (χ1) is 16.6. The zero-order valence-corrected chi connectivity index (χ0v) is 19.4. The summed E-state index contributed by atoms with van der Waals surface area (Å²) >= 11 is 0.232. The van der Waals surface area contributed by atoms with Crippen LogP contribution in [0.3, 0.4) is 0 Å². The predicted octanol–water partition coefficient (Wildman–Crippen LogP) is 6.86. The molecule has 0 spiro atoms. The van der Waals surface area contributed by atoms with Crippen LogP contribution < -0.4 is 4.74 Å². The van der Waals surface area contributed by atoms with Gasteiger partial charge in [-0.15, -0.1) is 0 Å². The summed E-state index contributed by atoms with van der Waals surface area (Å²) < 4.78 is 76.8. The third-order valence-electron chi connectivity index (χ3n) is 5.27. The summed E-state index contributed by atoms with van der Waals surface area (Å²) in [6, 6.07) is 13.3. The summed E-state index contributed by atoms with van der Waals surface area (Å²) in [5.74, 6) is -11.4. The van der Waals surface area contributed by atoms with Gasteiger partial charge in [-0.2, -0.15) is 9.78 Å². The number of para-hydroxylation sites is 1. The topological polar surface area (TPSA) is 44.1 Å². The van der Waals surface area contributed by atoms with Gasteiger partial charge in [0.25, 0.3) is 0 Å². The largest absolute Gasteiger partial charge is 0.402 e. The number of aromatic nitrogens is 2. The molecule has 0 saturated heterocycles. The summed E-state index contributed by atoms with van der Waals surface area (Å²) in [6.45, 7) is 5.15. The predicted molar refractivity (Wildman–Crippen MR) is 120 cm³/mol. The molecule has 1 aromatic heterocycles. The highest BCUT2D eigenvalue weighted by Gasteiger charge is 2.30. The molecule has 0 saturated carbocycles. The highest BCUT2D eigenvalue weighted by atomic mass is 32.2. The normalized spacial score (nSPS) is 11.1. The molecular weight excluding hydrogens is 487 g/mol. The number of rotatable bonds is 5. The van der Waals surface area contributed by atoms with Crippen LogP contribution >= 0.6 is 11.8 Å². The fraction of sp³-hybridized carbons (Fsp3) is 0.120. The van der Waals surface area contributed by atoms with Crippen molar-refractivity contribution in [1.82, 2.24) is 9.78 Å². The van der Waals surface area contributed by atoms with E-state index in [0.717, 1.165) is 11.1 Å². The number of carbonyl (C=O) groups excluding carboxylic acids is 1. The number of nitrogens with zero attached hydrogens (tertiary/aromatic N) is 2. The van der Waals surface area contributed by atoms with Crippen LogP contribution in [0.15, 0.2) is 58.3 Å². The van der Waals surface area contributed by atoms with Crippen LogP contribution in [0, 0.1) is 49.9 Å². The van der Waals surface area contributed by atoms with Gasteiger partial charge in [-0.05, 0) is 56.2 Å². The van der Waals surface area contributed by atoms with Gasteiger partial charge >= 0.3 is 5.97 Å². The van der Waals surface area contributed by atoms with Gasteiger partial charge < -0.3 is 4.74 Å². The Hall–Kier alpha value is -3.66. The van der Waals surface area contributed by atoms with Crippen LogP contribution in [-0.4, -0.2) is 15.7 Å². The fourth-order valence-corrected chi connectivity index (χ4v) is 4.20. The first-order valence-electron chi connectivity index (χ1n) is 10.2. The maximum atomic E-state index is 14.4. The number of hydrogen-bond donors (Lipinski definition) is 0. The van der Waals surface area contributed by atoms with E-state index in [4.69, 9.17) is 4.74 Å². The van der Waals surface area contributed by atoms with E-state index in [-0.39, 0.29) is 33.8 Å². The second-order valence-corrected chi connectivity index (χ2v) is 8.68. The molecule has 180 valence electrons. The molecule has 0 aliphatic heterocycles. The lowest BCUT2D eigenvalue weighted by Gasteiger charge is -2.12. The molecule has 0 amide bonds. The smallest absolute Gasteiger partial charge is 0.344 e. The van der Waals surface area contributed by atoms with E-state index in [1.165, 1.54) is 11.6 Å². The SMILES string of the molecule is Cc1ccc(C(=O)Oc2c(Sc3c(F)c(F)c(F)c(F)c3F)c(C)nn2-c2ccccc2)cc1C. The van der Waals surface area contributed by atoms with Gasteiger partial charge in [0.15, 0.2) is 23.3 Å². The van der Waals surface area contributed by atoms with Gasteiger partial charge in [0.2, 0.25) is 11.7 Å². The van der Waals surface area contributed by atoms with Gasteiger partial charge in [-0.25, -0.2) is 26.7 Å². The summed E-state index contributed by atoms with van der Waals surface area (Å²) in [5.41, 5.74) is 2.59. The van der Waals surface area contributed by atoms with Crippen LogP contribution in [0.4, 0.5) is 22.0 Å². The number of esters is 1. The van der Waals surface area contributed by atoms with Crippen LogP contribution in [0.25, 0.3) is 5.69 Å². The number of halogens is 5. The molecular formula is C25H17F5N2O2S. The maximum absolute atomic E-state index is 14.4. The van der Waals surface area contributed by atoms with E-state index in [0.29, 0.717) is 5.69 Å². The first-order valence-corrected chi connectivity index (χ1v) is 11.1. The van der Waals surface area contributed by atoms with Gasteiger partial charge in [-0.3, -0.25) is 0 Å². The quantitative estimate of drug-likeness (QED) is 0.129. The number of ether oxygens (including phenoxy) is 1. The Bertz CT molecular complexity index is 1430. The number of aryl methyl sites for hydroxylation is 3. The third kappa shape index (κ3) is 4.53. The minimum atomic E-state index is -2.26. The van der Waals surface area contributed by atoms with E-state index in [9.17, 15) is 26.7 Å². The Labute approximate surface area is 201 Å². The molecule has 0 atom stereocenters. The van der Waals surface area contributed by atoms with Crippen molar-refractivity contribution >= 4 is 17.7 Å². The van der Waals surface area contributed by atoms with E-state index in [1.807, 2.05) is 13.8 Å². The Morgan fingerprint density at radius 2 is 1.40 bits per heavy atom. The lowest BCUT2D eigenvalue weighted by molar-refractivity contribution is 0.0718. The van der Waals surface area contributed by atoms with Crippen molar-refractivity contribution in [1.29, 1.82) is 0 Å². The van der Waals surface area contributed by atoms with Crippen molar-refractivity contribution in [2.75, 3.05) is 0 Å². The summed E-state index contributed by atoms with van der Waals surface area (Å²) in [5, 5.41) is 4.29. The molecule has 0 radical (unpaired) electrons. The van der Waals surface area contributed by atoms with Crippen LogP contribution in [0.5, 0.6) is 5.88 Å². The molecule has 0 bridgehead atoms. The Morgan fingerprint density at radius 3 is 2.00 bits per heavy atom. The van der Waals surface area contributed by atoms with Crippen molar-refractivity contribution in [2.24, 2.45) is 0 Å². The molecule has 0 aliphatic carbocycles. The Balaban J connectivity index is 1.85. The van der Waals surface area contributed by atoms with E-state index < -0.39 is 40.0 Å². The van der Waals surface area contributed by atoms with E-state index >= 15 is 0 Å². The lowest BCUT2D eigenvalue weighted by atomic mass is 10.1. The zero-order valence-electron chi connectivity index (χ0n) is 18.6. The van der Waals surface area contributed by atoms with E-state index in [2.05, 4.69) is 5.10 Å². The average Bonchev–Trinajstić information content (AvgIpc) is 3.16. The minimum absolute atomic E-state index is 0.0887. The molecule has 4 aromatic rings. The standard InChI is InChI=1S/C25H17F5N2O2S/c1-12-9-10-15(11-13(12)2)25(33)34-24-22(14(3)31-32(24)16-7-5-4-6-8-16)35-23-20(29)18(27)17(26)19(28)21(23)30/h4-11H,1-3H3. The van der Waals surface area contributed by atoms with Crippen molar-refractivity contribution in [3.05, 3.63) is 100 Å². The number of benzene rings is 3. The van der Waals surface area contributed by atoms with Crippen molar-refractivity contribution in [2.45, 2.75) is 30.6 Å². The Kier molecular flexibility index (Phi) is 6.66. The summed E-state index contributed by atoms with van der Waals surface area (Å²) in [4.78, 5) is 11.7. The molecule has 4 nitrogen and oxygen atoms in total. The molecule has 3 aromatic carbocycles. The average molecular weight is 504 g/mol. The van der Waals surface area contributed by atoms with Gasteiger partial charge in [-0.1, -0.05) is 36.0 Å². The second kappa shape index (κ2) is 9.53. The van der Waals surface area contributed by atoms with Gasteiger partial charge in [0, 0.05) is 0 Å². The lowest BCUT2D eigenvalue weighted by Crippen LogP contribution is -2.13. The summed E-state index contributed by atoms with van der Waals surface area (Å²) in [7, 11) is 0. The molecule has 0 aliphatic rings. The third-order valence-corrected chi connectivity index (χ3v) is 6.51. The van der Waals surface area contributed by atoms with Gasteiger partial charge in [0.1, 0.15) is 0 Å². The number of carbonyl (C=O) groups is 1. The van der Waals surface area contributed by atoms with E-state index in [1.54, 1.807) is 48.5 Å². The van der Waals surface area contributed by atoms with Crippen LogP contribution in [0.2, 0.25) is 0 Å². The molecule has 4 rings (SSSR count). The second-order valence-electron chi connectivity index (χ2n) is 7.66. The molecule has 0 fully saturated rings. The molecule has 0 unspecified atom stereocenters. The zero-order chi connectivity index (χ0) is 25.4. The Morgan fingerprint density at radius 1 is 0.800 bits per heavy atom. The van der Waals surface area contributed by atoms with Crippen molar-refractivity contribution in [3.63, 3.8) is 0 Å². The molecule has 0 N–H and O–H groups in total. The van der Waals surface area contributed by atoms with Gasteiger partial charge in [0.05, 0.1) is 26.7 Å². The van der Waals surface area contributed by atoms with Crippen molar-refractivity contribution < 1.29 is 31.5 Å². The first kappa shape index (κ1) is 24.5. The van der Waals surface area contributed by atoms with Crippen LogP contribution in [0.1, 0.15) is 27.2 Å².